The van der Waals surface area contributed by atoms with Gasteiger partial charge in [-0.2, -0.15) is 0 Å². The van der Waals surface area contributed by atoms with Gasteiger partial charge in [-0.3, -0.25) is 4.79 Å². The van der Waals surface area contributed by atoms with Gasteiger partial charge in [0.2, 0.25) is 0 Å². The molecular weight excluding hydrogens is 408 g/mol. The van der Waals surface area contributed by atoms with Crippen LogP contribution >= 0.6 is 11.3 Å². The Morgan fingerprint density at radius 3 is 2.32 bits per heavy atom. The zero-order valence-electron chi connectivity index (χ0n) is 17.5. The molecule has 0 aliphatic rings. The van der Waals surface area contributed by atoms with E-state index in [0.717, 1.165) is 27.4 Å². The summed E-state index contributed by atoms with van der Waals surface area (Å²) >= 11 is 1.35. The van der Waals surface area contributed by atoms with E-state index in [0.29, 0.717) is 22.1 Å². The van der Waals surface area contributed by atoms with Crippen molar-refractivity contribution in [3.63, 3.8) is 0 Å². The molecule has 0 bridgehead atoms. The van der Waals surface area contributed by atoms with Gasteiger partial charge in [0.25, 0.3) is 5.91 Å². The maximum atomic E-state index is 13.1. The zero-order chi connectivity index (χ0) is 21.8. The molecule has 156 valence electrons. The molecule has 1 heterocycles. The summed E-state index contributed by atoms with van der Waals surface area (Å²) in [6.45, 7) is 1.85. The van der Waals surface area contributed by atoms with E-state index < -0.39 is 0 Å². The van der Waals surface area contributed by atoms with E-state index in [1.165, 1.54) is 11.3 Å². The minimum absolute atomic E-state index is 0.176. The van der Waals surface area contributed by atoms with Crippen LogP contribution in [0, 0.1) is 6.92 Å². The summed E-state index contributed by atoms with van der Waals surface area (Å²) in [6, 6.07) is 23.4. The molecule has 4 aromatic rings. The van der Waals surface area contributed by atoms with Gasteiger partial charge in [0.05, 0.1) is 19.9 Å². The molecule has 5 nitrogen and oxygen atoms in total. The fourth-order valence-corrected chi connectivity index (χ4v) is 4.30. The van der Waals surface area contributed by atoms with Gasteiger partial charge in [-0.1, -0.05) is 48.5 Å². The van der Waals surface area contributed by atoms with E-state index in [1.54, 1.807) is 14.2 Å². The summed E-state index contributed by atoms with van der Waals surface area (Å²) < 4.78 is 10.7. The molecule has 31 heavy (non-hydrogen) atoms. The van der Waals surface area contributed by atoms with Crippen LogP contribution in [-0.4, -0.2) is 25.1 Å². The van der Waals surface area contributed by atoms with Crippen LogP contribution in [0.2, 0.25) is 0 Å². The van der Waals surface area contributed by atoms with Crippen molar-refractivity contribution in [1.29, 1.82) is 0 Å². The maximum Gasteiger partial charge on any atom is 0.267 e. The molecule has 1 aromatic heterocycles. The predicted molar refractivity (Wildman–Crippen MR) is 125 cm³/mol. The number of methoxy groups -OCH3 is 2. The van der Waals surface area contributed by atoms with E-state index >= 15 is 0 Å². The third-order valence-electron chi connectivity index (χ3n) is 4.89. The molecule has 0 saturated carbocycles. The molecule has 0 fully saturated rings. The minimum Gasteiger partial charge on any atom is -0.493 e. The summed E-state index contributed by atoms with van der Waals surface area (Å²) in [5.41, 5.74) is 4.34. The lowest BCUT2D eigenvalue weighted by atomic mass is 10.0. The molecule has 0 saturated heterocycles. The lowest BCUT2D eigenvalue weighted by Crippen LogP contribution is -2.12. The third kappa shape index (κ3) is 4.29. The Hall–Kier alpha value is -3.64. The Morgan fingerprint density at radius 1 is 0.871 bits per heavy atom. The summed E-state index contributed by atoms with van der Waals surface area (Å²) in [5, 5.41) is 3.81. The first-order valence-corrected chi connectivity index (χ1v) is 10.6. The number of ether oxygens (including phenoxy) is 2. The summed E-state index contributed by atoms with van der Waals surface area (Å²) in [4.78, 5) is 18.3. The van der Waals surface area contributed by atoms with E-state index in [9.17, 15) is 4.79 Å². The molecule has 0 spiro atoms. The van der Waals surface area contributed by atoms with Gasteiger partial charge in [-0.05, 0) is 36.8 Å². The van der Waals surface area contributed by atoms with E-state index in [1.807, 2.05) is 79.7 Å². The Kier molecular flexibility index (Phi) is 6.00. The topological polar surface area (TPSA) is 60.5 Å². The largest absolute Gasteiger partial charge is 0.493 e. The number of aryl methyl sites for hydroxylation is 1. The first kappa shape index (κ1) is 20.6. The molecule has 0 radical (unpaired) electrons. The second-order valence-corrected chi connectivity index (χ2v) is 7.87. The highest BCUT2D eigenvalue weighted by Gasteiger charge is 2.18. The molecule has 1 N–H and O–H groups in total. The highest BCUT2D eigenvalue weighted by Crippen LogP contribution is 2.35. The second kappa shape index (κ2) is 9.02. The molecule has 6 heteroatoms. The Labute approximate surface area is 185 Å². The summed E-state index contributed by atoms with van der Waals surface area (Å²) in [7, 11) is 3.19. The second-order valence-electron chi connectivity index (χ2n) is 6.87. The predicted octanol–water partition coefficient (Wildman–Crippen LogP) is 6.06. The lowest BCUT2D eigenvalue weighted by molar-refractivity contribution is 0.103. The number of aromatic nitrogens is 1. The number of hydrogen-bond donors (Lipinski definition) is 1. The quantitative estimate of drug-likeness (QED) is 0.404. The number of para-hydroxylation sites is 1. The number of anilines is 1. The van der Waals surface area contributed by atoms with Gasteiger partial charge in [0, 0.05) is 16.8 Å². The number of carbonyl (C=O) groups excluding carboxylic acids is 1. The Balaban J connectivity index is 1.63. The van der Waals surface area contributed by atoms with Gasteiger partial charge in [-0.25, -0.2) is 4.98 Å². The highest BCUT2D eigenvalue weighted by molar-refractivity contribution is 7.17. The molecule has 4 rings (SSSR count). The number of thiazole rings is 1. The smallest absolute Gasteiger partial charge is 0.267 e. The van der Waals surface area contributed by atoms with Gasteiger partial charge >= 0.3 is 0 Å². The average Bonchev–Trinajstić information content (AvgIpc) is 3.21. The van der Waals surface area contributed by atoms with Crippen molar-refractivity contribution < 1.29 is 14.3 Å². The van der Waals surface area contributed by atoms with Crippen molar-refractivity contribution in [1.82, 2.24) is 4.98 Å². The first-order valence-electron chi connectivity index (χ1n) is 9.76. The van der Waals surface area contributed by atoms with E-state index in [2.05, 4.69) is 10.3 Å². The van der Waals surface area contributed by atoms with E-state index in [-0.39, 0.29) is 5.91 Å². The van der Waals surface area contributed by atoms with Gasteiger partial charge in [0.15, 0.2) is 11.5 Å². The third-order valence-corrected chi connectivity index (χ3v) is 6.10. The van der Waals surface area contributed by atoms with Crippen LogP contribution in [0.5, 0.6) is 11.5 Å². The molecule has 3 aromatic carbocycles. The SMILES string of the molecule is COc1ccc(-c2nc(C)c(C(=O)Nc3ccccc3-c3ccccc3)s2)cc1OC. The van der Waals surface area contributed by atoms with Crippen molar-refractivity contribution in [2.75, 3.05) is 19.5 Å². The van der Waals surface area contributed by atoms with Crippen LogP contribution in [0.3, 0.4) is 0 Å². The van der Waals surface area contributed by atoms with Crippen LogP contribution in [0.15, 0.2) is 72.8 Å². The van der Waals surface area contributed by atoms with Crippen LogP contribution in [-0.2, 0) is 0 Å². The Morgan fingerprint density at radius 2 is 1.58 bits per heavy atom. The number of hydrogen-bond acceptors (Lipinski definition) is 5. The van der Waals surface area contributed by atoms with Gasteiger partial charge in [-0.15, -0.1) is 11.3 Å². The van der Waals surface area contributed by atoms with Crippen molar-refractivity contribution >= 4 is 22.9 Å². The minimum atomic E-state index is -0.176. The molecule has 0 unspecified atom stereocenters. The molecule has 0 aliphatic carbocycles. The number of carbonyl (C=O) groups is 1. The molecule has 0 aliphatic heterocycles. The van der Waals surface area contributed by atoms with E-state index in [4.69, 9.17) is 9.47 Å². The maximum absolute atomic E-state index is 13.1. The highest BCUT2D eigenvalue weighted by atomic mass is 32.1. The fraction of sp³-hybridized carbons (Fsp3) is 0.120. The standard InChI is InChI=1S/C25H22N2O3S/c1-16-23(31-25(26-16)18-13-14-21(29-2)22(15-18)30-3)24(28)27-20-12-8-7-11-19(20)17-9-5-4-6-10-17/h4-15H,1-3H3,(H,27,28). The fourth-order valence-electron chi connectivity index (χ4n) is 3.34. The van der Waals surface area contributed by atoms with Crippen LogP contribution in [0.4, 0.5) is 5.69 Å². The van der Waals surface area contributed by atoms with Crippen molar-refractivity contribution in [2.24, 2.45) is 0 Å². The van der Waals surface area contributed by atoms with Crippen molar-refractivity contribution in [2.45, 2.75) is 6.92 Å². The van der Waals surface area contributed by atoms with Gasteiger partial charge < -0.3 is 14.8 Å². The normalized spacial score (nSPS) is 10.5. The van der Waals surface area contributed by atoms with Crippen LogP contribution in [0.25, 0.3) is 21.7 Å². The number of nitrogens with zero attached hydrogens (tertiary/aromatic N) is 1. The van der Waals surface area contributed by atoms with Crippen LogP contribution < -0.4 is 14.8 Å². The lowest BCUT2D eigenvalue weighted by Gasteiger charge is -2.11. The molecular formula is C25H22N2O3S. The number of amides is 1. The number of rotatable bonds is 6. The van der Waals surface area contributed by atoms with Gasteiger partial charge in [0.1, 0.15) is 9.88 Å². The molecule has 0 atom stereocenters. The summed E-state index contributed by atoms with van der Waals surface area (Å²) in [5.74, 6) is 1.09. The number of benzene rings is 3. The average molecular weight is 431 g/mol. The molecule has 1 amide bonds. The summed E-state index contributed by atoms with van der Waals surface area (Å²) in [6.07, 6.45) is 0. The zero-order valence-corrected chi connectivity index (χ0v) is 18.3. The Bertz CT molecular complexity index is 1220. The van der Waals surface area contributed by atoms with Crippen molar-refractivity contribution in [3.8, 4) is 33.2 Å². The van der Waals surface area contributed by atoms with Crippen LogP contribution in [0.1, 0.15) is 15.4 Å². The monoisotopic (exact) mass is 430 g/mol. The first-order chi connectivity index (χ1) is 15.1. The number of nitrogens with one attached hydrogen (secondary N) is 1. The van der Waals surface area contributed by atoms with Crippen molar-refractivity contribution in [3.05, 3.63) is 83.4 Å².